The summed E-state index contributed by atoms with van der Waals surface area (Å²) in [6.07, 6.45) is 5.04. The summed E-state index contributed by atoms with van der Waals surface area (Å²) in [5, 5.41) is 14.9. The van der Waals surface area contributed by atoms with E-state index < -0.39 is 0 Å². The number of para-hydroxylation sites is 1. The molecule has 1 N–H and O–H groups in total. The maximum atomic E-state index is 12.5. The van der Waals surface area contributed by atoms with E-state index >= 15 is 0 Å². The smallest absolute Gasteiger partial charge is 0.167 e. The van der Waals surface area contributed by atoms with Gasteiger partial charge < -0.3 is 9.52 Å². The number of rotatable bonds is 8. The number of hydrogen-bond donors (Lipinski definition) is 1. The molecule has 4 nitrogen and oxygen atoms in total. The van der Waals surface area contributed by atoms with Crippen LogP contribution < -0.4 is 0 Å². The van der Waals surface area contributed by atoms with Crippen LogP contribution in [-0.4, -0.2) is 15.9 Å². The number of carbonyl (C=O) groups is 1. The molecule has 5 rings (SSSR count). The number of ketones is 1. The molecule has 2 heterocycles. The van der Waals surface area contributed by atoms with Crippen molar-refractivity contribution in [2.45, 2.75) is 100 Å². The number of fused-ring (bicyclic) bond motifs is 4. The average molecular weight is 797 g/mol. The number of aliphatic hydroxyl groups excluding tert-OH is 1. The molecule has 3 aromatic carbocycles. The summed E-state index contributed by atoms with van der Waals surface area (Å²) in [5.41, 5.74) is 5.01. The van der Waals surface area contributed by atoms with Gasteiger partial charge in [0.25, 0.3) is 0 Å². The van der Waals surface area contributed by atoms with Crippen molar-refractivity contribution in [1.29, 1.82) is 0 Å². The number of carbonyl (C=O) groups excluding carboxylic acids is 1. The number of allylic oxidation sites excluding steroid dienone is 2. The van der Waals surface area contributed by atoms with Gasteiger partial charge in [-0.1, -0.05) is 104 Å². The summed E-state index contributed by atoms with van der Waals surface area (Å²) < 4.78 is 5.82. The third kappa shape index (κ3) is 7.16. The molecule has 0 saturated heterocycles. The number of furan rings is 1. The second kappa shape index (κ2) is 14.7. The van der Waals surface area contributed by atoms with Crippen LogP contribution in [0.15, 0.2) is 82.7 Å². The van der Waals surface area contributed by atoms with Gasteiger partial charge in [0.1, 0.15) is 11.3 Å². The molecule has 0 spiro atoms. The van der Waals surface area contributed by atoms with Crippen molar-refractivity contribution < 1.29 is 34.4 Å². The third-order valence-corrected chi connectivity index (χ3v) is 10.1. The molecular formula is C41H50IrNO3-. The number of aromatic nitrogens is 1. The molecule has 46 heavy (non-hydrogen) atoms. The van der Waals surface area contributed by atoms with Gasteiger partial charge in [-0.05, 0) is 56.2 Å². The Kier molecular flexibility index (Phi) is 11.8. The minimum absolute atomic E-state index is 0. The topological polar surface area (TPSA) is 63.3 Å². The number of aliphatic hydroxyl groups is 1. The van der Waals surface area contributed by atoms with Crippen molar-refractivity contribution in [3.05, 3.63) is 89.9 Å². The molecule has 0 saturated carbocycles. The molecule has 0 unspecified atom stereocenters. The SMILES string of the molecule is CC(C)(C)c1cc(-c2nc3ccccc3c3occc23)[c-]c2ccccc12.CCC(C)(CC)C(=O)/C(C)=C(\O)C(C)(CC)CC.[Ir]. The first kappa shape index (κ1) is 37.2. The Morgan fingerprint density at radius 3 is 1.96 bits per heavy atom. The van der Waals surface area contributed by atoms with Crippen LogP contribution in [0.1, 0.15) is 100 Å². The molecule has 0 bridgehead atoms. The van der Waals surface area contributed by atoms with Crippen LogP contribution in [0.25, 0.3) is 43.9 Å². The van der Waals surface area contributed by atoms with E-state index in [-0.39, 0.29) is 47.9 Å². The fraction of sp³-hybridized carbons (Fsp3) is 0.415. The molecule has 0 aliphatic heterocycles. The number of pyridine rings is 1. The van der Waals surface area contributed by atoms with Gasteiger partial charge in [-0.2, -0.15) is 0 Å². The largest absolute Gasteiger partial charge is 0.511 e. The van der Waals surface area contributed by atoms with E-state index in [1.807, 2.05) is 52.0 Å². The van der Waals surface area contributed by atoms with Gasteiger partial charge in [0.15, 0.2) is 5.78 Å². The average Bonchev–Trinajstić information content (AvgIpc) is 3.56. The first-order chi connectivity index (χ1) is 21.2. The van der Waals surface area contributed by atoms with Crippen molar-refractivity contribution in [2.24, 2.45) is 10.8 Å². The Hall–Kier alpha value is -3.27. The third-order valence-electron chi connectivity index (χ3n) is 10.1. The van der Waals surface area contributed by atoms with Crippen LogP contribution >= 0.6 is 0 Å². The Balaban J connectivity index is 0.000000269. The Bertz CT molecular complexity index is 1850. The summed E-state index contributed by atoms with van der Waals surface area (Å²) in [6.45, 7) is 20.7. The summed E-state index contributed by atoms with van der Waals surface area (Å²) in [5.74, 6) is 0.378. The molecular weight excluding hydrogens is 747 g/mol. The quantitative estimate of drug-likeness (QED) is 0.0965. The minimum atomic E-state index is -0.347. The molecule has 0 amide bonds. The van der Waals surface area contributed by atoms with E-state index in [4.69, 9.17) is 9.40 Å². The number of benzene rings is 3. The van der Waals surface area contributed by atoms with Crippen molar-refractivity contribution in [2.75, 3.05) is 0 Å². The molecule has 0 atom stereocenters. The van der Waals surface area contributed by atoms with Gasteiger partial charge >= 0.3 is 0 Å². The van der Waals surface area contributed by atoms with Gasteiger partial charge in [-0.15, -0.1) is 29.1 Å². The van der Waals surface area contributed by atoms with Crippen LogP contribution in [0.3, 0.4) is 0 Å². The molecule has 0 aliphatic carbocycles. The van der Waals surface area contributed by atoms with E-state index in [2.05, 4.69) is 77.1 Å². The van der Waals surface area contributed by atoms with E-state index in [1.54, 1.807) is 13.2 Å². The number of Topliss-reactive ketones (excluding diaryl/α,β-unsaturated/α-hetero) is 1. The fourth-order valence-electron chi connectivity index (χ4n) is 6.00. The van der Waals surface area contributed by atoms with E-state index in [1.165, 1.54) is 10.9 Å². The summed E-state index contributed by atoms with van der Waals surface area (Å²) in [7, 11) is 0. The zero-order valence-electron chi connectivity index (χ0n) is 29.2. The summed E-state index contributed by atoms with van der Waals surface area (Å²) in [4.78, 5) is 17.5. The minimum Gasteiger partial charge on any atom is -0.511 e. The molecule has 0 aliphatic rings. The van der Waals surface area contributed by atoms with Crippen LogP contribution in [0.5, 0.6) is 0 Å². The van der Waals surface area contributed by atoms with Crippen LogP contribution in [0.4, 0.5) is 0 Å². The van der Waals surface area contributed by atoms with Gasteiger partial charge in [0.05, 0.1) is 11.8 Å². The van der Waals surface area contributed by atoms with Crippen LogP contribution in [0.2, 0.25) is 0 Å². The van der Waals surface area contributed by atoms with Crippen molar-refractivity contribution in [1.82, 2.24) is 4.98 Å². The number of hydrogen-bond acceptors (Lipinski definition) is 4. The molecule has 5 heteroatoms. The molecule has 1 radical (unpaired) electrons. The van der Waals surface area contributed by atoms with E-state index in [9.17, 15) is 9.90 Å². The monoisotopic (exact) mass is 797 g/mol. The van der Waals surface area contributed by atoms with Gasteiger partial charge in [-0.3, -0.25) is 9.78 Å². The Labute approximate surface area is 289 Å². The molecule has 2 aromatic heterocycles. The Morgan fingerprint density at radius 1 is 0.804 bits per heavy atom. The predicted octanol–water partition coefficient (Wildman–Crippen LogP) is 11.9. The maximum absolute atomic E-state index is 12.5. The molecule has 0 fully saturated rings. The fourth-order valence-corrected chi connectivity index (χ4v) is 6.00. The van der Waals surface area contributed by atoms with Crippen molar-refractivity contribution in [3.8, 4) is 11.3 Å². The van der Waals surface area contributed by atoms with Crippen LogP contribution in [0, 0.1) is 16.9 Å². The summed E-state index contributed by atoms with van der Waals surface area (Å²) >= 11 is 0. The normalized spacial score (nSPS) is 12.8. The van der Waals surface area contributed by atoms with Gasteiger partial charge in [0, 0.05) is 53.0 Å². The predicted molar refractivity (Wildman–Crippen MR) is 190 cm³/mol. The van der Waals surface area contributed by atoms with Gasteiger partial charge in [-0.25, -0.2) is 0 Å². The van der Waals surface area contributed by atoms with Gasteiger partial charge in [0.2, 0.25) is 0 Å². The molecule has 247 valence electrons. The second-order valence-corrected chi connectivity index (χ2v) is 13.9. The van der Waals surface area contributed by atoms with E-state index in [0.717, 1.165) is 64.2 Å². The standard InChI is InChI=1S/C25H20NO.C16H30O2.Ir/c1-25(2,3)21-15-17(14-16-8-4-5-9-18(16)21)23-20-12-13-27-24(20)19-10-6-7-11-22(19)26-23;1-8-15(6,9-2)13(17)12(5)14(18)16(7,10-3)11-4;/h4-13,15H,1-3H3;17H,8-11H2,1-7H3;/q-1;;/b;13-12-;. The number of nitrogens with zero attached hydrogens (tertiary/aromatic N) is 1. The van der Waals surface area contributed by atoms with Crippen molar-refractivity contribution in [3.63, 3.8) is 0 Å². The summed E-state index contributed by atoms with van der Waals surface area (Å²) in [6, 6.07) is 24.4. The zero-order chi connectivity index (χ0) is 33.2. The van der Waals surface area contributed by atoms with Crippen LogP contribution in [-0.2, 0) is 30.3 Å². The maximum Gasteiger partial charge on any atom is 0.167 e. The molecule has 5 aromatic rings. The first-order valence-electron chi connectivity index (χ1n) is 16.4. The van der Waals surface area contributed by atoms with E-state index in [0.29, 0.717) is 5.57 Å². The zero-order valence-corrected chi connectivity index (χ0v) is 31.6. The Morgan fingerprint density at radius 2 is 1.37 bits per heavy atom. The van der Waals surface area contributed by atoms with Crippen molar-refractivity contribution >= 4 is 38.4 Å². The second-order valence-electron chi connectivity index (χ2n) is 13.9. The first-order valence-corrected chi connectivity index (χ1v) is 16.4.